The van der Waals surface area contributed by atoms with E-state index in [2.05, 4.69) is 19.2 Å². The van der Waals surface area contributed by atoms with Gasteiger partial charge in [-0.3, -0.25) is 0 Å². The van der Waals surface area contributed by atoms with Gasteiger partial charge in [-0.25, -0.2) is 4.98 Å². The first-order valence-electron chi connectivity index (χ1n) is 10.2. The maximum atomic E-state index is 10.5. The van der Waals surface area contributed by atoms with Crippen LogP contribution in [-0.2, 0) is 6.42 Å². The molecule has 7 heteroatoms. The smallest absolute Gasteiger partial charge is 0.165 e. The number of halogens is 1. The van der Waals surface area contributed by atoms with E-state index < -0.39 is 6.10 Å². The average molecular weight is 415 g/mol. The summed E-state index contributed by atoms with van der Waals surface area (Å²) in [6.45, 7) is 6.31. The van der Waals surface area contributed by atoms with E-state index >= 15 is 0 Å². The van der Waals surface area contributed by atoms with E-state index in [1.165, 1.54) is 0 Å². The highest BCUT2D eigenvalue weighted by molar-refractivity contribution is 6.33. The maximum Gasteiger partial charge on any atom is 0.165 e. The minimum Gasteiger partial charge on any atom is -0.497 e. The number of nitrogens with zero attached hydrogens (tertiary/aromatic N) is 3. The van der Waals surface area contributed by atoms with Crippen molar-refractivity contribution in [3.63, 3.8) is 0 Å². The van der Waals surface area contributed by atoms with Gasteiger partial charge < -0.3 is 15.2 Å². The SMILES string of the molecule is CCC(CC)Nc1c2c(nc3c(-c4ccc(OC)cc4Cl)c(C)nn13)C(O)CC2. The predicted molar refractivity (Wildman–Crippen MR) is 116 cm³/mol. The number of ether oxygens (including phenoxy) is 1. The molecule has 0 saturated heterocycles. The largest absolute Gasteiger partial charge is 0.497 e. The Balaban J connectivity index is 1.97. The van der Waals surface area contributed by atoms with E-state index in [1.807, 2.05) is 23.6 Å². The zero-order valence-corrected chi connectivity index (χ0v) is 18.0. The van der Waals surface area contributed by atoms with Crippen LogP contribution in [-0.4, -0.2) is 32.9 Å². The summed E-state index contributed by atoms with van der Waals surface area (Å²) in [5.74, 6) is 1.64. The summed E-state index contributed by atoms with van der Waals surface area (Å²) < 4.78 is 7.17. The molecule has 1 aliphatic rings. The summed E-state index contributed by atoms with van der Waals surface area (Å²) in [5, 5.41) is 19.6. The summed E-state index contributed by atoms with van der Waals surface area (Å²) in [5.41, 5.74) is 5.10. The standard InChI is InChI=1S/C22H27ClN4O2/c1-5-13(6-2)24-21-16-9-10-18(28)20(16)25-22-19(12(3)26-27(21)22)15-8-7-14(29-4)11-17(15)23/h7-8,11,13,18,24,28H,5-6,9-10H2,1-4H3. The highest BCUT2D eigenvalue weighted by atomic mass is 35.5. The normalized spacial score (nSPS) is 15.9. The van der Waals surface area contributed by atoms with Gasteiger partial charge in [0.15, 0.2) is 5.65 Å². The molecular formula is C22H27ClN4O2. The number of aryl methyl sites for hydroxylation is 1. The number of anilines is 1. The Hall–Kier alpha value is -2.31. The Morgan fingerprint density at radius 2 is 2.10 bits per heavy atom. The third kappa shape index (κ3) is 3.34. The molecule has 0 saturated carbocycles. The Morgan fingerprint density at radius 3 is 2.76 bits per heavy atom. The zero-order chi connectivity index (χ0) is 20.7. The molecule has 29 heavy (non-hydrogen) atoms. The number of aliphatic hydroxyl groups excluding tert-OH is 1. The highest BCUT2D eigenvalue weighted by Gasteiger charge is 2.30. The lowest BCUT2D eigenvalue weighted by atomic mass is 10.1. The van der Waals surface area contributed by atoms with Crippen molar-refractivity contribution in [3.05, 3.63) is 40.2 Å². The zero-order valence-electron chi connectivity index (χ0n) is 17.3. The number of fused-ring (bicyclic) bond motifs is 2. The number of nitrogens with one attached hydrogen (secondary N) is 1. The molecule has 2 aromatic heterocycles. The maximum absolute atomic E-state index is 10.5. The number of aliphatic hydroxyl groups is 1. The lowest BCUT2D eigenvalue weighted by molar-refractivity contribution is 0.176. The summed E-state index contributed by atoms with van der Waals surface area (Å²) in [6.07, 6.45) is 2.94. The van der Waals surface area contributed by atoms with Crippen LogP contribution in [0.25, 0.3) is 16.8 Å². The van der Waals surface area contributed by atoms with Gasteiger partial charge in [-0.15, -0.1) is 0 Å². The monoisotopic (exact) mass is 414 g/mol. The van der Waals surface area contributed by atoms with Gasteiger partial charge in [0.2, 0.25) is 0 Å². The van der Waals surface area contributed by atoms with Gasteiger partial charge in [-0.05, 0) is 50.8 Å². The van der Waals surface area contributed by atoms with Gasteiger partial charge >= 0.3 is 0 Å². The van der Waals surface area contributed by atoms with Gasteiger partial charge in [0.25, 0.3) is 0 Å². The number of hydrogen-bond donors (Lipinski definition) is 2. The van der Waals surface area contributed by atoms with Gasteiger partial charge in [0.05, 0.1) is 35.2 Å². The van der Waals surface area contributed by atoms with Crippen molar-refractivity contribution < 1.29 is 9.84 Å². The fourth-order valence-electron chi connectivity index (χ4n) is 4.12. The Morgan fingerprint density at radius 1 is 1.34 bits per heavy atom. The molecular weight excluding hydrogens is 388 g/mol. The molecule has 0 aliphatic heterocycles. The van der Waals surface area contributed by atoms with Crippen LogP contribution in [0.4, 0.5) is 5.82 Å². The molecule has 1 atom stereocenters. The van der Waals surface area contributed by atoms with E-state index in [0.29, 0.717) is 28.9 Å². The van der Waals surface area contributed by atoms with Crippen molar-refractivity contribution in [2.45, 2.75) is 58.6 Å². The lowest BCUT2D eigenvalue weighted by Crippen LogP contribution is -2.21. The van der Waals surface area contributed by atoms with Crippen LogP contribution < -0.4 is 10.1 Å². The van der Waals surface area contributed by atoms with E-state index in [9.17, 15) is 5.11 Å². The fourth-order valence-corrected chi connectivity index (χ4v) is 4.39. The van der Waals surface area contributed by atoms with Crippen molar-refractivity contribution >= 4 is 23.1 Å². The Labute approximate surface area is 175 Å². The molecule has 1 aliphatic carbocycles. The van der Waals surface area contributed by atoms with Crippen molar-refractivity contribution in [2.24, 2.45) is 0 Å². The summed E-state index contributed by atoms with van der Waals surface area (Å²) in [7, 11) is 1.62. The topological polar surface area (TPSA) is 71.7 Å². The first kappa shape index (κ1) is 20.0. The van der Waals surface area contributed by atoms with Crippen LogP contribution in [0.5, 0.6) is 5.75 Å². The van der Waals surface area contributed by atoms with Crippen LogP contribution in [0.2, 0.25) is 5.02 Å². The molecule has 154 valence electrons. The lowest BCUT2D eigenvalue weighted by Gasteiger charge is -2.20. The van der Waals surface area contributed by atoms with Crippen molar-refractivity contribution in [2.75, 3.05) is 12.4 Å². The molecule has 0 spiro atoms. The van der Waals surface area contributed by atoms with Crippen LogP contribution in [0.3, 0.4) is 0 Å². The molecule has 4 rings (SSSR count). The summed E-state index contributed by atoms with van der Waals surface area (Å²) >= 11 is 6.58. The second-order valence-corrected chi connectivity index (χ2v) is 7.99. The molecule has 6 nitrogen and oxygen atoms in total. The molecule has 0 bridgehead atoms. The van der Waals surface area contributed by atoms with Crippen molar-refractivity contribution in [3.8, 4) is 16.9 Å². The summed E-state index contributed by atoms with van der Waals surface area (Å²) in [6, 6.07) is 5.95. The number of benzene rings is 1. The Bertz CT molecular complexity index is 1060. The van der Waals surface area contributed by atoms with Crippen molar-refractivity contribution in [1.82, 2.24) is 14.6 Å². The van der Waals surface area contributed by atoms with Crippen LogP contribution in [0.15, 0.2) is 18.2 Å². The minimum absolute atomic E-state index is 0.333. The third-order valence-corrected chi connectivity index (χ3v) is 6.14. The van der Waals surface area contributed by atoms with E-state index in [-0.39, 0.29) is 0 Å². The predicted octanol–water partition coefficient (Wildman–Crippen LogP) is 4.95. The fraction of sp³-hybridized carbons (Fsp3) is 0.455. The van der Waals surface area contributed by atoms with Gasteiger partial charge in [0.1, 0.15) is 11.6 Å². The molecule has 1 unspecified atom stereocenters. The molecule has 0 amide bonds. The second-order valence-electron chi connectivity index (χ2n) is 7.58. The first-order valence-corrected chi connectivity index (χ1v) is 10.6. The molecule has 1 aromatic carbocycles. The molecule has 2 heterocycles. The van der Waals surface area contributed by atoms with Gasteiger partial charge in [0, 0.05) is 17.2 Å². The molecule has 0 fully saturated rings. The summed E-state index contributed by atoms with van der Waals surface area (Å²) in [4.78, 5) is 4.86. The highest BCUT2D eigenvalue weighted by Crippen LogP contribution is 2.40. The minimum atomic E-state index is -0.549. The average Bonchev–Trinajstić information content (AvgIpc) is 3.25. The van der Waals surface area contributed by atoms with Crippen LogP contribution in [0.1, 0.15) is 56.2 Å². The van der Waals surface area contributed by atoms with Crippen molar-refractivity contribution in [1.29, 1.82) is 0 Å². The Kier molecular flexibility index (Phi) is 5.40. The van der Waals surface area contributed by atoms with Crippen LogP contribution in [0, 0.1) is 6.92 Å². The van der Waals surface area contributed by atoms with Gasteiger partial charge in [-0.2, -0.15) is 9.61 Å². The molecule has 3 aromatic rings. The quantitative estimate of drug-likeness (QED) is 0.597. The second kappa shape index (κ2) is 7.84. The third-order valence-electron chi connectivity index (χ3n) is 5.82. The van der Waals surface area contributed by atoms with E-state index in [4.69, 9.17) is 26.4 Å². The van der Waals surface area contributed by atoms with E-state index in [0.717, 1.165) is 53.2 Å². The van der Waals surface area contributed by atoms with E-state index in [1.54, 1.807) is 13.2 Å². The number of methoxy groups -OCH3 is 1. The van der Waals surface area contributed by atoms with Crippen LogP contribution >= 0.6 is 11.6 Å². The van der Waals surface area contributed by atoms with Gasteiger partial charge in [-0.1, -0.05) is 25.4 Å². The number of hydrogen-bond acceptors (Lipinski definition) is 5. The molecule has 2 N–H and O–H groups in total. The first-order chi connectivity index (χ1) is 14.0. The molecule has 0 radical (unpaired) electrons. The number of rotatable bonds is 6. The number of aromatic nitrogens is 3.